The number of amides is 2. The third-order valence-corrected chi connectivity index (χ3v) is 4.21. The van der Waals surface area contributed by atoms with Crippen molar-refractivity contribution in [2.45, 2.75) is 32.4 Å². The van der Waals surface area contributed by atoms with E-state index in [1.807, 2.05) is 36.4 Å². The highest BCUT2D eigenvalue weighted by Crippen LogP contribution is 2.23. The highest BCUT2D eigenvalue weighted by molar-refractivity contribution is 5.98. The first kappa shape index (κ1) is 22.0. The van der Waals surface area contributed by atoms with Gasteiger partial charge in [-0.1, -0.05) is 30.2 Å². The Morgan fingerprint density at radius 3 is 2.14 bits per heavy atom. The molecule has 0 radical (unpaired) electrons. The molecule has 1 unspecified atom stereocenters. The first-order chi connectivity index (χ1) is 13.8. The minimum Gasteiger partial charge on any atom is -0.481 e. The van der Waals surface area contributed by atoms with Gasteiger partial charge < -0.3 is 15.8 Å². The van der Waals surface area contributed by atoms with Crippen LogP contribution in [0.5, 0.6) is 5.75 Å². The second-order valence-corrected chi connectivity index (χ2v) is 7.02. The Hall–Kier alpha value is -3.34. The van der Waals surface area contributed by atoms with Gasteiger partial charge in [0.1, 0.15) is 18.4 Å². The molecular weight excluding hydrogens is 370 g/mol. The predicted octanol–water partition coefficient (Wildman–Crippen LogP) is 2.10. The summed E-state index contributed by atoms with van der Waals surface area (Å²) in [6.45, 7) is 5.26. The van der Waals surface area contributed by atoms with Gasteiger partial charge in [0.15, 0.2) is 0 Å². The van der Waals surface area contributed by atoms with Crippen LogP contribution in [0.1, 0.15) is 31.1 Å². The molecule has 0 bridgehead atoms. The number of nitrogens with one attached hydrogen (secondary N) is 2. The number of rotatable bonds is 7. The van der Waals surface area contributed by atoms with E-state index in [1.54, 1.807) is 32.9 Å². The lowest BCUT2D eigenvalue weighted by Gasteiger charge is -2.29. The van der Waals surface area contributed by atoms with Crippen molar-refractivity contribution in [3.8, 4) is 28.7 Å². The van der Waals surface area contributed by atoms with Crippen molar-refractivity contribution in [1.29, 1.82) is 0 Å². The first-order valence-corrected chi connectivity index (χ1v) is 9.03. The van der Waals surface area contributed by atoms with E-state index in [9.17, 15) is 9.59 Å². The van der Waals surface area contributed by atoms with Gasteiger partial charge in [-0.15, -0.1) is 5.92 Å². The van der Waals surface area contributed by atoms with Crippen molar-refractivity contribution in [3.63, 3.8) is 0 Å². The van der Waals surface area contributed by atoms with Crippen LogP contribution in [0.2, 0.25) is 0 Å². The molecule has 29 heavy (non-hydrogen) atoms. The van der Waals surface area contributed by atoms with Crippen LogP contribution in [0.25, 0.3) is 11.1 Å². The number of nitrogens with two attached hydrogens (primary N) is 1. The normalized spacial score (nSPS) is 11.6. The van der Waals surface area contributed by atoms with Crippen LogP contribution in [-0.2, 0) is 4.79 Å². The molecule has 0 aliphatic rings. The Balaban J connectivity index is 2.09. The molecule has 0 spiro atoms. The zero-order valence-corrected chi connectivity index (χ0v) is 16.7. The lowest BCUT2D eigenvalue weighted by molar-refractivity contribution is -0.132. The van der Waals surface area contributed by atoms with Gasteiger partial charge in [-0.3, -0.25) is 14.8 Å². The maximum atomic E-state index is 12.5. The van der Waals surface area contributed by atoms with Crippen molar-refractivity contribution in [2.75, 3.05) is 6.61 Å². The smallest absolute Gasteiger partial charge is 0.267 e. The topological polar surface area (TPSA) is 114 Å². The van der Waals surface area contributed by atoms with E-state index < -0.39 is 23.4 Å². The first-order valence-electron chi connectivity index (χ1n) is 9.03. The summed E-state index contributed by atoms with van der Waals surface area (Å²) in [5.41, 5.74) is 8.65. The van der Waals surface area contributed by atoms with Crippen LogP contribution in [0.3, 0.4) is 0 Å². The monoisotopic (exact) mass is 395 g/mol. The van der Waals surface area contributed by atoms with Gasteiger partial charge in [0.2, 0.25) is 0 Å². The molecule has 7 nitrogen and oxygen atoms in total. The van der Waals surface area contributed by atoms with E-state index in [1.165, 1.54) is 5.48 Å². The number of hydrogen-bond acceptors (Lipinski definition) is 5. The molecule has 0 heterocycles. The molecule has 7 heteroatoms. The molecule has 0 aliphatic carbocycles. The summed E-state index contributed by atoms with van der Waals surface area (Å²) < 4.78 is 5.49. The van der Waals surface area contributed by atoms with Gasteiger partial charge in [0.05, 0.1) is 0 Å². The van der Waals surface area contributed by atoms with Crippen LogP contribution in [-0.4, -0.2) is 35.2 Å². The van der Waals surface area contributed by atoms with Gasteiger partial charge in [0.25, 0.3) is 11.8 Å². The zero-order chi connectivity index (χ0) is 21.4. The molecule has 0 saturated carbocycles. The lowest BCUT2D eigenvalue weighted by Crippen LogP contribution is -2.61. The molecule has 5 N–H and O–H groups in total. The Kier molecular flexibility index (Phi) is 7.37. The average Bonchev–Trinajstić information content (AvgIpc) is 2.71. The molecule has 1 atom stereocenters. The van der Waals surface area contributed by atoms with E-state index in [0.29, 0.717) is 12.2 Å². The van der Waals surface area contributed by atoms with Gasteiger partial charge >= 0.3 is 0 Å². The molecule has 2 aromatic rings. The molecule has 0 fully saturated rings. The number of benzene rings is 2. The number of hydrogen-bond donors (Lipinski definition) is 4. The SMILES string of the molecule is CC#CCOc1ccc(-c2ccc(C(=O)NC(C(=O)NO)C(C)(C)N)cc2)cc1. The largest absolute Gasteiger partial charge is 0.481 e. The highest BCUT2D eigenvalue weighted by atomic mass is 16.5. The van der Waals surface area contributed by atoms with Crippen molar-refractivity contribution >= 4 is 11.8 Å². The van der Waals surface area contributed by atoms with E-state index in [2.05, 4.69) is 17.2 Å². The highest BCUT2D eigenvalue weighted by Gasteiger charge is 2.33. The van der Waals surface area contributed by atoms with Gasteiger partial charge in [-0.25, -0.2) is 5.48 Å². The maximum absolute atomic E-state index is 12.5. The second kappa shape index (κ2) is 9.73. The number of carbonyl (C=O) groups excluding carboxylic acids is 2. The fraction of sp³-hybridized carbons (Fsp3) is 0.273. The van der Waals surface area contributed by atoms with Crippen molar-refractivity contribution < 1.29 is 19.5 Å². The molecule has 0 aromatic heterocycles. The number of carbonyl (C=O) groups is 2. The van der Waals surface area contributed by atoms with E-state index in [0.717, 1.165) is 16.9 Å². The Morgan fingerprint density at radius 1 is 1.10 bits per heavy atom. The van der Waals surface area contributed by atoms with Gasteiger partial charge in [0, 0.05) is 11.1 Å². The maximum Gasteiger partial charge on any atom is 0.267 e. The Labute approximate surface area is 170 Å². The van der Waals surface area contributed by atoms with Gasteiger partial charge in [-0.05, 0) is 56.2 Å². The van der Waals surface area contributed by atoms with E-state index >= 15 is 0 Å². The minimum atomic E-state index is -1.09. The number of hydroxylamine groups is 1. The minimum absolute atomic E-state index is 0.342. The summed E-state index contributed by atoms with van der Waals surface area (Å²) >= 11 is 0. The molecule has 2 rings (SSSR count). The third-order valence-electron chi connectivity index (χ3n) is 4.21. The molecule has 152 valence electrons. The van der Waals surface area contributed by atoms with Crippen molar-refractivity contribution in [1.82, 2.24) is 10.8 Å². The summed E-state index contributed by atoms with van der Waals surface area (Å²) in [5.74, 6) is 5.08. The second-order valence-electron chi connectivity index (χ2n) is 7.02. The quantitative estimate of drug-likeness (QED) is 0.326. The summed E-state index contributed by atoms with van der Waals surface area (Å²) in [6.07, 6.45) is 0. The Morgan fingerprint density at radius 2 is 1.66 bits per heavy atom. The van der Waals surface area contributed by atoms with Crippen LogP contribution in [0, 0.1) is 11.8 Å². The summed E-state index contributed by atoms with van der Waals surface area (Å²) in [6, 6.07) is 13.4. The third kappa shape index (κ3) is 6.07. The standard InChI is InChI=1S/C22H25N3O4/c1-4-5-14-29-18-12-10-16(11-13-18)15-6-8-17(9-7-15)20(26)24-19(21(27)25-28)22(2,3)23/h6-13,19,28H,14,23H2,1-3H3,(H,24,26)(H,25,27). The van der Waals surface area contributed by atoms with Crippen molar-refractivity contribution in [2.24, 2.45) is 5.73 Å². The molecule has 2 amide bonds. The molecule has 0 saturated heterocycles. The molecule has 2 aromatic carbocycles. The molecule has 0 aliphatic heterocycles. The molecular formula is C22H25N3O4. The fourth-order valence-electron chi connectivity index (χ4n) is 2.62. The van der Waals surface area contributed by atoms with Gasteiger partial charge in [-0.2, -0.15) is 0 Å². The van der Waals surface area contributed by atoms with E-state index in [-0.39, 0.29) is 0 Å². The van der Waals surface area contributed by atoms with Crippen LogP contribution < -0.4 is 21.3 Å². The Bertz CT molecular complexity index is 904. The van der Waals surface area contributed by atoms with Crippen LogP contribution >= 0.6 is 0 Å². The van der Waals surface area contributed by atoms with Crippen LogP contribution in [0.15, 0.2) is 48.5 Å². The van der Waals surface area contributed by atoms with Crippen molar-refractivity contribution in [3.05, 3.63) is 54.1 Å². The number of ether oxygens (including phenoxy) is 1. The van der Waals surface area contributed by atoms with E-state index in [4.69, 9.17) is 15.7 Å². The predicted molar refractivity (Wildman–Crippen MR) is 110 cm³/mol. The fourth-order valence-corrected chi connectivity index (χ4v) is 2.62. The lowest BCUT2D eigenvalue weighted by atomic mass is 9.94. The summed E-state index contributed by atoms with van der Waals surface area (Å²) in [5, 5.41) is 11.4. The summed E-state index contributed by atoms with van der Waals surface area (Å²) in [4.78, 5) is 24.3. The van der Waals surface area contributed by atoms with Crippen LogP contribution in [0.4, 0.5) is 0 Å². The average molecular weight is 395 g/mol. The zero-order valence-electron chi connectivity index (χ0n) is 16.7. The summed E-state index contributed by atoms with van der Waals surface area (Å²) in [7, 11) is 0.